The Hall–Kier alpha value is -3.17. The van der Waals surface area contributed by atoms with Gasteiger partial charge in [-0.3, -0.25) is 0 Å². The van der Waals surface area contributed by atoms with Crippen LogP contribution >= 0.6 is 0 Å². The predicted octanol–water partition coefficient (Wildman–Crippen LogP) is 6.95. The van der Waals surface area contributed by atoms with Gasteiger partial charge in [0, 0.05) is 11.5 Å². The Bertz CT molecular complexity index is 1030. The van der Waals surface area contributed by atoms with Gasteiger partial charge in [-0.15, -0.1) is 0 Å². The zero-order chi connectivity index (χ0) is 23.6. The molecule has 0 saturated heterocycles. The molecule has 3 heteroatoms. The third-order valence-corrected chi connectivity index (χ3v) is 5.94. The molecule has 0 aliphatic carbocycles. The molecule has 0 radical (unpaired) electrons. The molecule has 0 fully saturated rings. The van der Waals surface area contributed by atoms with Crippen LogP contribution in [0.2, 0.25) is 0 Å². The minimum absolute atomic E-state index is 0.0884. The molecular weight excluding hydrogens is 408 g/mol. The van der Waals surface area contributed by atoms with Gasteiger partial charge in [0.1, 0.15) is 6.61 Å². The number of aliphatic hydroxyl groups excluding tert-OH is 1. The fourth-order valence-electron chi connectivity index (χ4n) is 3.80. The molecule has 3 rings (SSSR count). The molecule has 1 N–H and O–H groups in total. The summed E-state index contributed by atoms with van der Waals surface area (Å²) in [6.07, 6.45) is 4.94. The minimum atomic E-state index is -0.434. The summed E-state index contributed by atoms with van der Waals surface area (Å²) in [7, 11) is 0. The molecular formula is C30H34O3. The molecule has 3 aromatic rings. The number of aliphatic hydroxyl groups is 1. The summed E-state index contributed by atoms with van der Waals surface area (Å²) in [6.45, 7) is 7.47. The van der Waals surface area contributed by atoms with Gasteiger partial charge in [-0.25, -0.2) is 4.79 Å². The monoisotopic (exact) mass is 442 g/mol. The topological polar surface area (TPSA) is 46.5 Å². The van der Waals surface area contributed by atoms with E-state index in [-0.39, 0.29) is 19.1 Å². The number of unbranched alkanes of at least 4 members (excludes halogenated alkanes) is 2. The van der Waals surface area contributed by atoms with Crippen molar-refractivity contribution in [2.24, 2.45) is 0 Å². The number of rotatable bonds is 11. The molecule has 3 aromatic carbocycles. The molecule has 0 bridgehead atoms. The lowest BCUT2D eigenvalue weighted by molar-refractivity contribution is -0.139. The Morgan fingerprint density at radius 3 is 1.79 bits per heavy atom. The molecule has 172 valence electrons. The second-order valence-electron chi connectivity index (χ2n) is 8.61. The highest BCUT2D eigenvalue weighted by atomic mass is 16.5. The van der Waals surface area contributed by atoms with Crippen molar-refractivity contribution >= 4 is 5.97 Å². The summed E-state index contributed by atoms with van der Waals surface area (Å²) in [5.74, 6) is -0.689. The molecule has 33 heavy (non-hydrogen) atoms. The summed E-state index contributed by atoms with van der Waals surface area (Å²) < 4.78 is 5.21. The van der Waals surface area contributed by atoms with E-state index in [4.69, 9.17) is 4.74 Å². The standard InChI is InChI=1S/C30H34O3/c1-4-5-6-7-23-8-10-24(11-9-23)25-12-14-26(15-13-25)27-16-18-28(19-17-27)29(20-31)21-33-30(32)22(2)3/h8-19,29,31H,2,4-7,20-21H2,1,3H3. The molecule has 1 unspecified atom stereocenters. The lowest BCUT2D eigenvalue weighted by Gasteiger charge is -2.15. The van der Waals surface area contributed by atoms with Crippen molar-refractivity contribution in [3.63, 3.8) is 0 Å². The van der Waals surface area contributed by atoms with Gasteiger partial charge in [0.25, 0.3) is 0 Å². The highest BCUT2D eigenvalue weighted by molar-refractivity contribution is 5.86. The van der Waals surface area contributed by atoms with Gasteiger partial charge in [0.2, 0.25) is 0 Å². The second kappa shape index (κ2) is 12.2. The predicted molar refractivity (Wildman–Crippen MR) is 136 cm³/mol. The smallest absolute Gasteiger partial charge is 0.333 e. The maximum atomic E-state index is 11.6. The first-order valence-electron chi connectivity index (χ1n) is 11.7. The van der Waals surface area contributed by atoms with Gasteiger partial charge < -0.3 is 9.84 Å². The average Bonchev–Trinajstić information content (AvgIpc) is 2.85. The number of hydrogen-bond donors (Lipinski definition) is 1. The van der Waals surface area contributed by atoms with Crippen LogP contribution < -0.4 is 0 Å². The van der Waals surface area contributed by atoms with Crippen molar-refractivity contribution in [1.29, 1.82) is 0 Å². The molecule has 0 spiro atoms. The lowest BCUT2D eigenvalue weighted by atomic mass is 9.96. The van der Waals surface area contributed by atoms with Crippen LogP contribution in [-0.2, 0) is 16.0 Å². The van der Waals surface area contributed by atoms with E-state index in [9.17, 15) is 9.90 Å². The number of hydrogen-bond acceptors (Lipinski definition) is 3. The van der Waals surface area contributed by atoms with E-state index >= 15 is 0 Å². The Morgan fingerprint density at radius 1 is 0.848 bits per heavy atom. The fraction of sp³-hybridized carbons (Fsp3) is 0.300. The molecule has 0 aliphatic heterocycles. The quantitative estimate of drug-likeness (QED) is 0.199. The molecule has 3 nitrogen and oxygen atoms in total. The van der Waals surface area contributed by atoms with Gasteiger partial charge in [-0.05, 0) is 53.1 Å². The van der Waals surface area contributed by atoms with Crippen LogP contribution in [0.15, 0.2) is 84.9 Å². The Morgan fingerprint density at radius 2 is 1.33 bits per heavy atom. The van der Waals surface area contributed by atoms with Crippen molar-refractivity contribution in [1.82, 2.24) is 0 Å². The number of benzene rings is 3. The van der Waals surface area contributed by atoms with Gasteiger partial charge in [0.15, 0.2) is 0 Å². The summed E-state index contributed by atoms with van der Waals surface area (Å²) in [5, 5.41) is 9.71. The van der Waals surface area contributed by atoms with Crippen molar-refractivity contribution in [2.75, 3.05) is 13.2 Å². The van der Waals surface area contributed by atoms with E-state index < -0.39 is 5.97 Å². The van der Waals surface area contributed by atoms with E-state index in [1.54, 1.807) is 6.92 Å². The van der Waals surface area contributed by atoms with Crippen LogP contribution in [0.4, 0.5) is 0 Å². The maximum Gasteiger partial charge on any atom is 0.333 e. The van der Waals surface area contributed by atoms with Crippen LogP contribution in [0.5, 0.6) is 0 Å². The van der Waals surface area contributed by atoms with Crippen LogP contribution in [0.25, 0.3) is 22.3 Å². The van der Waals surface area contributed by atoms with Gasteiger partial charge in [0.05, 0.1) is 6.61 Å². The first-order valence-corrected chi connectivity index (χ1v) is 11.7. The van der Waals surface area contributed by atoms with Crippen LogP contribution in [0.1, 0.15) is 50.2 Å². The van der Waals surface area contributed by atoms with E-state index in [2.05, 4.69) is 62.0 Å². The average molecular weight is 443 g/mol. The van der Waals surface area contributed by atoms with Crippen LogP contribution in [-0.4, -0.2) is 24.3 Å². The van der Waals surface area contributed by atoms with E-state index in [1.165, 1.54) is 36.0 Å². The second-order valence-corrected chi connectivity index (χ2v) is 8.61. The van der Waals surface area contributed by atoms with Crippen molar-refractivity contribution in [2.45, 2.75) is 45.4 Å². The number of carbonyl (C=O) groups excluding carboxylic acids is 1. The van der Waals surface area contributed by atoms with Crippen LogP contribution in [0.3, 0.4) is 0 Å². The summed E-state index contributed by atoms with van der Waals surface area (Å²) in [6, 6.07) is 25.5. The fourth-order valence-corrected chi connectivity index (χ4v) is 3.80. The largest absolute Gasteiger partial charge is 0.462 e. The third kappa shape index (κ3) is 6.90. The molecule has 0 aromatic heterocycles. The number of aryl methyl sites for hydroxylation is 1. The SMILES string of the molecule is C=C(C)C(=O)OCC(CO)c1ccc(-c2ccc(-c3ccc(CCCCC)cc3)cc2)cc1. The van der Waals surface area contributed by atoms with E-state index in [0.717, 1.165) is 23.1 Å². The molecule has 1 atom stereocenters. The third-order valence-electron chi connectivity index (χ3n) is 5.94. The maximum absolute atomic E-state index is 11.6. The number of esters is 1. The van der Waals surface area contributed by atoms with Crippen molar-refractivity contribution in [3.05, 3.63) is 96.1 Å². The highest BCUT2D eigenvalue weighted by Gasteiger charge is 2.14. The Kier molecular flexibility index (Phi) is 9.03. The molecule has 0 amide bonds. The summed E-state index contributed by atoms with van der Waals surface area (Å²) in [5.41, 5.74) is 7.36. The van der Waals surface area contributed by atoms with Crippen molar-refractivity contribution < 1.29 is 14.6 Å². The Labute approximate surface area is 197 Å². The lowest BCUT2D eigenvalue weighted by Crippen LogP contribution is -2.16. The van der Waals surface area contributed by atoms with Crippen molar-refractivity contribution in [3.8, 4) is 22.3 Å². The van der Waals surface area contributed by atoms with E-state index in [0.29, 0.717) is 5.57 Å². The van der Waals surface area contributed by atoms with Gasteiger partial charge in [-0.2, -0.15) is 0 Å². The number of carbonyl (C=O) groups is 1. The molecule has 0 saturated carbocycles. The first kappa shape index (κ1) is 24.5. The Balaban J connectivity index is 1.64. The van der Waals surface area contributed by atoms with Gasteiger partial charge in [-0.1, -0.05) is 99.1 Å². The van der Waals surface area contributed by atoms with Gasteiger partial charge >= 0.3 is 5.97 Å². The summed E-state index contributed by atoms with van der Waals surface area (Å²) >= 11 is 0. The number of ether oxygens (including phenoxy) is 1. The zero-order valence-corrected chi connectivity index (χ0v) is 19.7. The van der Waals surface area contributed by atoms with Crippen LogP contribution in [0, 0.1) is 0 Å². The summed E-state index contributed by atoms with van der Waals surface area (Å²) in [4.78, 5) is 11.6. The molecule has 0 heterocycles. The molecule has 0 aliphatic rings. The first-order chi connectivity index (χ1) is 16.0. The van der Waals surface area contributed by atoms with E-state index in [1.807, 2.05) is 24.3 Å². The minimum Gasteiger partial charge on any atom is -0.462 e. The normalized spacial score (nSPS) is 11.7. The zero-order valence-electron chi connectivity index (χ0n) is 19.7. The highest BCUT2D eigenvalue weighted by Crippen LogP contribution is 2.27.